The number of aliphatic hydroxyl groups is 1. The quantitative estimate of drug-likeness (QED) is 0.176. The highest BCUT2D eigenvalue weighted by Crippen LogP contribution is 2.28. The number of phenolic OH excluding ortho intramolecular Hbond substituents is 1. The molecule has 2 amide bonds. The van der Waals surface area contributed by atoms with Crippen LogP contribution in [0.4, 0.5) is 11.4 Å². The third kappa shape index (κ3) is 9.92. The number of amides is 2. The van der Waals surface area contributed by atoms with Gasteiger partial charge in [-0.05, 0) is 61.2 Å². The van der Waals surface area contributed by atoms with Gasteiger partial charge in [0, 0.05) is 43.1 Å². The zero-order chi connectivity index (χ0) is 34.8. The van der Waals surface area contributed by atoms with Gasteiger partial charge in [-0.15, -0.1) is 0 Å². The molecule has 1 aliphatic heterocycles. The maximum atomic E-state index is 13.8. The lowest BCUT2D eigenvalue weighted by molar-refractivity contribution is -0.133. The van der Waals surface area contributed by atoms with E-state index in [2.05, 4.69) is 5.32 Å². The number of hydrogen-bond donors (Lipinski definition) is 4. The molecule has 0 spiro atoms. The second kappa shape index (κ2) is 16.8. The highest BCUT2D eigenvalue weighted by molar-refractivity contribution is 7.89. The van der Waals surface area contributed by atoms with Crippen molar-refractivity contribution in [3.63, 3.8) is 0 Å². The van der Waals surface area contributed by atoms with Gasteiger partial charge in [0.15, 0.2) is 0 Å². The van der Waals surface area contributed by atoms with Gasteiger partial charge in [-0.1, -0.05) is 50.2 Å². The molecule has 1 saturated heterocycles. The van der Waals surface area contributed by atoms with E-state index in [1.54, 1.807) is 28.9 Å². The molecule has 0 bridgehead atoms. The van der Waals surface area contributed by atoms with Gasteiger partial charge in [0.1, 0.15) is 5.75 Å². The summed E-state index contributed by atoms with van der Waals surface area (Å²) in [5, 5.41) is 25.0. The predicted molar refractivity (Wildman–Crippen MR) is 185 cm³/mol. The van der Waals surface area contributed by atoms with E-state index in [0.29, 0.717) is 43.2 Å². The second-order valence-corrected chi connectivity index (χ2v) is 14.4. The minimum absolute atomic E-state index is 0.0293. The Morgan fingerprint density at radius 2 is 1.62 bits per heavy atom. The van der Waals surface area contributed by atoms with Crippen LogP contribution in [0.2, 0.25) is 0 Å². The van der Waals surface area contributed by atoms with Crippen LogP contribution in [-0.4, -0.2) is 104 Å². The van der Waals surface area contributed by atoms with Crippen molar-refractivity contribution < 1.29 is 33.0 Å². The van der Waals surface area contributed by atoms with Crippen LogP contribution in [0.3, 0.4) is 0 Å². The number of phenols is 1. The molecule has 5 N–H and O–H groups in total. The summed E-state index contributed by atoms with van der Waals surface area (Å²) in [5.74, 6) is -0.691. The molecule has 3 aromatic rings. The number of morpholine rings is 1. The van der Waals surface area contributed by atoms with Crippen molar-refractivity contribution in [2.24, 2.45) is 5.92 Å². The average molecular weight is 682 g/mol. The number of anilines is 2. The Hall–Kier alpha value is -4.17. The number of benzene rings is 3. The number of nitrogen functional groups attached to an aromatic ring is 1. The van der Waals surface area contributed by atoms with Gasteiger partial charge in [-0.3, -0.25) is 9.59 Å². The fourth-order valence-corrected chi connectivity index (χ4v) is 7.26. The zero-order valence-corrected chi connectivity index (χ0v) is 28.6. The molecule has 1 aliphatic rings. The Balaban J connectivity index is 1.59. The smallest absolute Gasteiger partial charge is 0.243 e. The molecule has 2 atom stereocenters. The average Bonchev–Trinajstić information content (AvgIpc) is 3.06. The van der Waals surface area contributed by atoms with E-state index in [-0.39, 0.29) is 55.1 Å². The molecular formula is C35H47N5O7S. The first-order valence-electron chi connectivity index (χ1n) is 16.1. The van der Waals surface area contributed by atoms with Crippen LogP contribution in [0.5, 0.6) is 5.75 Å². The minimum atomic E-state index is -4.01. The number of nitrogens with zero attached hydrogens (tertiary/aromatic N) is 3. The Morgan fingerprint density at radius 1 is 0.958 bits per heavy atom. The number of aliphatic hydroxyl groups excluding tert-OH is 1. The molecule has 260 valence electrons. The molecular weight excluding hydrogens is 634 g/mol. The van der Waals surface area contributed by atoms with Crippen molar-refractivity contribution >= 4 is 33.2 Å². The van der Waals surface area contributed by atoms with E-state index in [9.17, 15) is 28.2 Å². The van der Waals surface area contributed by atoms with Gasteiger partial charge in [0.05, 0.1) is 43.3 Å². The lowest BCUT2D eigenvalue weighted by Gasteiger charge is -2.33. The van der Waals surface area contributed by atoms with Crippen LogP contribution in [0.1, 0.15) is 25.0 Å². The largest absolute Gasteiger partial charge is 0.508 e. The van der Waals surface area contributed by atoms with Gasteiger partial charge < -0.3 is 35.8 Å². The van der Waals surface area contributed by atoms with Crippen molar-refractivity contribution in [2.45, 2.75) is 44.2 Å². The summed E-state index contributed by atoms with van der Waals surface area (Å²) in [6.45, 7) is 6.72. The van der Waals surface area contributed by atoms with Crippen LogP contribution >= 0.6 is 0 Å². The number of nitrogens with one attached hydrogen (secondary N) is 1. The Labute approximate surface area is 283 Å². The molecule has 1 fully saturated rings. The van der Waals surface area contributed by atoms with E-state index in [4.69, 9.17) is 10.5 Å². The first kappa shape index (κ1) is 36.7. The zero-order valence-electron chi connectivity index (χ0n) is 27.8. The fraction of sp³-hybridized carbons (Fsp3) is 0.429. The van der Waals surface area contributed by atoms with E-state index in [0.717, 1.165) is 5.56 Å². The number of nitrogens with two attached hydrogens (primary N) is 1. The standard InChI is InChI=1S/C35H47N5O7S/c1-25(2)21-40(48(45,46)29-14-12-28(36)13-15-29)22-33(42)30(20-27-8-5-4-6-9-27)37-34(43)23-39(31-10-7-11-32(41)26(31)3)24-35(44)38-16-18-47-19-17-38/h4-15,25,30,33,41-42H,16-24,36H2,1-3H3,(H,37,43)/t30-,33-/m0/s1. The summed E-state index contributed by atoms with van der Waals surface area (Å²) in [6.07, 6.45) is -1.06. The van der Waals surface area contributed by atoms with E-state index in [1.165, 1.54) is 34.6 Å². The van der Waals surface area contributed by atoms with E-state index >= 15 is 0 Å². The fourth-order valence-electron chi connectivity index (χ4n) is 5.64. The molecule has 12 nitrogen and oxygen atoms in total. The van der Waals surface area contributed by atoms with Gasteiger partial charge in [-0.25, -0.2) is 8.42 Å². The van der Waals surface area contributed by atoms with Crippen molar-refractivity contribution in [2.75, 3.05) is 63.1 Å². The molecule has 0 aliphatic carbocycles. The monoisotopic (exact) mass is 681 g/mol. The van der Waals surface area contributed by atoms with Gasteiger partial charge in [-0.2, -0.15) is 4.31 Å². The van der Waals surface area contributed by atoms with Crippen molar-refractivity contribution in [1.29, 1.82) is 0 Å². The molecule has 48 heavy (non-hydrogen) atoms. The summed E-state index contributed by atoms with van der Waals surface area (Å²) in [5.41, 5.74) is 8.08. The number of carbonyl (C=O) groups is 2. The summed E-state index contributed by atoms with van der Waals surface area (Å²) in [4.78, 5) is 30.4. The normalized spacial score (nSPS) is 14.9. The molecule has 3 aromatic carbocycles. The maximum absolute atomic E-state index is 13.8. The first-order chi connectivity index (χ1) is 22.8. The summed E-state index contributed by atoms with van der Waals surface area (Å²) in [7, 11) is -4.01. The van der Waals surface area contributed by atoms with Gasteiger partial charge in [0.2, 0.25) is 21.8 Å². The first-order valence-corrected chi connectivity index (χ1v) is 17.5. The summed E-state index contributed by atoms with van der Waals surface area (Å²) in [6, 6.07) is 19.2. The number of hydrogen-bond acceptors (Lipinski definition) is 9. The number of aromatic hydroxyl groups is 1. The van der Waals surface area contributed by atoms with Crippen LogP contribution in [-0.2, 0) is 30.8 Å². The molecule has 1 heterocycles. The number of sulfonamides is 1. The maximum Gasteiger partial charge on any atom is 0.243 e. The Morgan fingerprint density at radius 3 is 2.27 bits per heavy atom. The second-order valence-electron chi connectivity index (χ2n) is 12.5. The highest BCUT2D eigenvalue weighted by Gasteiger charge is 2.32. The van der Waals surface area contributed by atoms with Crippen molar-refractivity contribution in [3.05, 3.63) is 83.9 Å². The van der Waals surface area contributed by atoms with Gasteiger partial charge in [0.25, 0.3) is 0 Å². The topological polar surface area (TPSA) is 166 Å². The lowest BCUT2D eigenvalue weighted by atomic mass is 10.0. The third-order valence-corrected chi connectivity index (χ3v) is 10.1. The predicted octanol–water partition coefficient (Wildman–Crippen LogP) is 2.38. The van der Waals surface area contributed by atoms with Crippen LogP contribution in [0.15, 0.2) is 77.7 Å². The SMILES string of the molecule is Cc1c(O)cccc1N(CC(=O)N[C@@H](Cc1ccccc1)[C@@H](O)CN(CC(C)C)S(=O)(=O)c1ccc(N)cc1)CC(=O)N1CCOCC1. The van der Waals surface area contributed by atoms with Crippen LogP contribution < -0.4 is 16.0 Å². The highest BCUT2D eigenvalue weighted by atomic mass is 32.2. The molecule has 0 unspecified atom stereocenters. The molecule has 13 heteroatoms. The summed E-state index contributed by atoms with van der Waals surface area (Å²) < 4.78 is 34.1. The number of carbonyl (C=O) groups excluding carboxylic acids is 2. The molecule has 0 aromatic heterocycles. The number of rotatable bonds is 15. The van der Waals surface area contributed by atoms with Gasteiger partial charge >= 0.3 is 0 Å². The third-order valence-electron chi connectivity index (χ3n) is 8.23. The lowest BCUT2D eigenvalue weighted by Crippen LogP contribution is -2.53. The van der Waals surface area contributed by atoms with Crippen molar-refractivity contribution in [3.8, 4) is 5.75 Å². The molecule has 0 radical (unpaired) electrons. The van der Waals surface area contributed by atoms with E-state index < -0.39 is 28.1 Å². The van der Waals surface area contributed by atoms with Crippen LogP contribution in [0, 0.1) is 12.8 Å². The molecule has 0 saturated carbocycles. The van der Waals surface area contributed by atoms with Crippen LogP contribution in [0.25, 0.3) is 0 Å². The Bertz CT molecular complexity index is 1610. The molecule has 4 rings (SSSR count). The minimum Gasteiger partial charge on any atom is -0.508 e. The summed E-state index contributed by atoms with van der Waals surface area (Å²) >= 11 is 0. The Kier molecular flexibility index (Phi) is 12.8. The van der Waals surface area contributed by atoms with E-state index in [1.807, 2.05) is 44.2 Å². The van der Waals surface area contributed by atoms with Crippen molar-refractivity contribution in [1.82, 2.24) is 14.5 Å². The number of ether oxygens (including phenoxy) is 1.